The summed E-state index contributed by atoms with van der Waals surface area (Å²) < 4.78 is 15.5. The van der Waals surface area contributed by atoms with E-state index >= 15 is 0 Å². The van der Waals surface area contributed by atoms with Crippen molar-refractivity contribution in [2.45, 2.75) is 5.88 Å². The Morgan fingerprint density at radius 3 is 2.60 bits per heavy atom. The molecule has 1 aliphatic heterocycles. The van der Waals surface area contributed by atoms with Gasteiger partial charge < -0.3 is 9.91 Å². The van der Waals surface area contributed by atoms with Gasteiger partial charge in [0.25, 0.3) is 0 Å². The number of benzene rings is 1. The highest BCUT2D eigenvalue weighted by atomic mass is 35.5. The van der Waals surface area contributed by atoms with E-state index in [9.17, 15) is 4.39 Å². The number of hydrogen-bond donors (Lipinski definition) is 0. The summed E-state index contributed by atoms with van der Waals surface area (Å²) >= 11 is 11.9. The molecule has 0 unspecified atom stereocenters. The first-order valence-corrected chi connectivity index (χ1v) is 7.37. The monoisotopic (exact) mass is 316 g/mol. The molecule has 4 nitrogen and oxygen atoms in total. The zero-order chi connectivity index (χ0) is 14.3. The molecule has 1 aromatic carbocycles. The minimum atomic E-state index is -0.455. The fraction of sp³-hybridized carbons (Fsp3) is 0.462. The van der Waals surface area contributed by atoms with Crippen LogP contribution < -0.4 is 5.01 Å². The molecule has 0 N–H and O–H groups in total. The number of halogens is 3. The van der Waals surface area contributed by atoms with Crippen molar-refractivity contribution in [1.82, 2.24) is 14.6 Å². The first kappa shape index (κ1) is 13.9. The van der Waals surface area contributed by atoms with Crippen LogP contribution in [0.2, 0.25) is 5.02 Å². The lowest BCUT2D eigenvalue weighted by Gasteiger charge is -2.35. The zero-order valence-electron chi connectivity index (χ0n) is 11.1. The number of aromatic nitrogens is 2. The van der Waals surface area contributed by atoms with Crippen LogP contribution in [0, 0.1) is 5.82 Å². The molecule has 0 saturated carbocycles. The lowest BCUT2D eigenvalue weighted by molar-refractivity contribution is 0.288. The summed E-state index contributed by atoms with van der Waals surface area (Å²) in [6, 6.07) is 2.98. The number of hydrogen-bond acceptors (Lipinski definition) is 3. The molecule has 2 aromatic rings. The summed E-state index contributed by atoms with van der Waals surface area (Å²) in [6.45, 7) is 3.69. The molecule has 7 heteroatoms. The summed E-state index contributed by atoms with van der Waals surface area (Å²) in [7, 11) is 2.10. The highest BCUT2D eigenvalue weighted by molar-refractivity contribution is 6.31. The molecule has 2 heterocycles. The first-order chi connectivity index (χ1) is 9.60. The zero-order valence-corrected chi connectivity index (χ0v) is 12.6. The van der Waals surface area contributed by atoms with Gasteiger partial charge in [-0.05, 0) is 13.1 Å². The van der Waals surface area contributed by atoms with Crippen LogP contribution in [-0.2, 0) is 5.88 Å². The molecule has 1 saturated heterocycles. The van der Waals surface area contributed by atoms with E-state index in [-0.39, 0.29) is 10.9 Å². The van der Waals surface area contributed by atoms with Gasteiger partial charge in [-0.2, -0.15) is 0 Å². The van der Waals surface area contributed by atoms with Crippen LogP contribution in [0.5, 0.6) is 0 Å². The van der Waals surface area contributed by atoms with Crippen LogP contribution in [0.3, 0.4) is 0 Å². The fourth-order valence-electron chi connectivity index (χ4n) is 2.51. The molecule has 0 spiro atoms. The van der Waals surface area contributed by atoms with Gasteiger partial charge in [0.2, 0.25) is 0 Å². The second-order valence-electron chi connectivity index (χ2n) is 4.99. The number of nitrogens with zero attached hydrogens (tertiary/aromatic N) is 4. The Morgan fingerprint density at radius 2 is 1.95 bits per heavy atom. The SMILES string of the molecule is CN1CCN(n2c(CCl)nc3cc(F)c(Cl)cc32)CC1. The van der Waals surface area contributed by atoms with Crippen molar-refractivity contribution >= 4 is 34.2 Å². The number of alkyl halides is 1. The normalized spacial score (nSPS) is 17.1. The Balaban J connectivity index is 2.10. The van der Waals surface area contributed by atoms with Crippen LogP contribution in [0.1, 0.15) is 5.82 Å². The van der Waals surface area contributed by atoms with Gasteiger partial charge in [0.1, 0.15) is 11.6 Å². The van der Waals surface area contributed by atoms with Gasteiger partial charge in [-0.1, -0.05) is 11.6 Å². The van der Waals surface area contributed by atoms with Crippen LogP contribution in [-0.4, -0.2) is 47.8 Å². The second kappa shape index (κ2) is 5.39. The Kier molecular flexibility index (Phi) is 3.75. The van der Waals surface area contributed by atoms with E-state index in [0.717, 1.165) is 31.7 Å². The number of fused-ring (bicyclic) bond motifs is 1. The number of likely N-dealkylation sites (N-methyl/N-ethyl adjacent to an activating group) is 1. The van der Waals surface area contributed by atoms with E-state index in [1.54, 1.807) is 6.07 Å². The van der Waals surface area contributed by atoms with Crippen molar-refractivity contribution in [3.63, 3.8) is 0 Å². The summed E-state index contributed by atoms with van der Waals surface area (Å²) in [5, 5.41) is 2.29. The largest absolute Gasteiger partial charge is 0.308 e. The maximum absolute atomic E-state index is 13.6. The molecule has 108 valence electrons. The molecule has 1 fully saturated rings. The van der Waals surface area contributed by atoms with E-state index in [1.807, 2.05) is 4.68 Å². The molecule has 20 heavy (non-hydrogen) atoms. The van der Waals surface area contributed by atoms with Gasteiger partial charge in [0.15, 0.2) is 0 Å². The van der Waals surface area contributed by atoms with Gasteiger partial charge in [-0.3, -0.25) is 0 Å². The molecule has 0 atom stereocenters. The molecular weight excluding hydrogens is 302 g/mol. The standard InChI is InChI=1S/C13H15Cl2FN4/c1-18-2-4-19(5-3-18)20-12-6-9(15)10(16)7-11(12)17-13(20)8-14/h6-7H,2-5,8H2,1H3. The molecule has 3 rings (SSSR count). The van der Waals surface area contributed by atoms with Gasteiger partial charge in [-0.25, -0.2) is 14.1 Å². The van der Waals surface area contributed by atoms with E-state index in [1.165, 1.54) is 6.07 Å². The van der Waals surface area contributed by atoms with E-state index in [2.05, 4.69) is 21.9 Å². The predicted octanol–water partition coefficient (Wildman–Crippen LogP) is 2.45. The molecular formula is C13H15Cl2FN4. The number of imidazole rings is 1. The van der Waals surface area contributed by atoms with Crippen molar-refractivity contribution in [1.29, 1.82) is 0 Å². The Morgan fingerprint density at radius 1 is 1.25 bits per heavy atom. The third kappa shape index (κ3) is 2.34. The summed E-state index contributed by atoms with van der Waals surface area (Å²) in [5.41, 5.74) is 1.39. The third-order valence-electron chi connectivity index (χ3n) is 3.62. The summed E-state index contributed by atoms with van der Waals surface area (Å²) in [4.78, 5) is 6.67. The van der Waals surface area contributed by atoms with Crippen molar-refractivity contribution in [2.24, 2.45) is 0 Å². The van der Waals surface area contributed by atoms with Crippen molar-refractivity contribution in [2.75, 3.05) is 38.2 Å². The third-order valence-corrected chi connectivity index (χ3v) is 4.15. The Labute approximate surface area is 126 Å². The lowest BCUT2D eigenvalue weighted by Crippen LogP contribution is -2.50. The molecule has 0 bridgehead atoms. The fourth-order valence-corrected chi connectivity index (χ4v) is 2.84. The summed E-state index contributed by atoms with van der Waals surface area (Å²) in [5.74, 6) is 0.538. The van der Waals surface area contributed by atoms with Crippen LogP contribution in [0.15, 0.2) is 12.1 Å². The van der Waals surface area contributed by atoms with E-state index in [4.69, 9.17) is 23.2 Å². The van der Waals surface area contributed by atoms with Crippen molar-refractivity contribution in [3.05, 3.63) is 28.8 Å². The molecule has 1 aliphatic rings. The highest BCUT2D eigenvalue weighted by Gasteiger charge is 2.20. The van der Waals surface area contributed by atoms with Crippen LogP contribution in [0.25, 0.3) is 11.0 Å². The number of piperazine rings is 1. The van der Waals surface area contributed by atoms with Gasteiger partial charge in [0, 0.05) is 32.2 Å². The first-order valence-electron chi connectivity index (χ1n) is 6.46. The van der Waals surface area contributed by atoms with Gasteiger partial charge in [0.05, 0.1) is 21.9 Å². The maximum atomic E-state index is 13.6. The average molecular weight is 317 g/mol. The average Bonchev–Trinajstić information content (AvgIpc) is 2.78. The Hall–Kier alpha value is -1.04. The van der Waals surface area contributed by atoms with Gasteiger partial charge >= 0.3 is 0 Å². The van der Waals surface area contributed by atoms with Crippen molar-refractivity contribution in [3.8, 4) is 0 Å². The minimum absolute atomic E-state index is 0.105. The molecule has 0 radical (unpaired) electrons. The quantitative estimate of drug-likeness (QED) is 0.795. The smallest absolute Gasteiger partial charge is 0.144 e. The topological polar surface area (TPSA) is 24.3 Å². The minimum Gasteiger partial charge on any atom is -0.308 e. The predicted molar refractivity (Wildman–Crippen MR) is 79.7 cm³/mol. The summed E-state index contributed by atoms with van der Waals surface area (Å²) in [6.07, 6.45) is 0. The van der Waals surface area contributed by atoms with Crippen molar-refractivity contribution < 1.29 is 4.39 Å². The second-order valence-corrected chi connectivity index (χ2v) is 5.66. The van der Waals surface area contributed by atoms with Crippen LogP contribution >= 0.6 is 23.2 Å². The molecule has 0 aliphatic carbocycles. The van der Waals surface area contributed by atoms with Crippen LogP contribution in [0.4, 0.5) is 4.39 Å². The maximum Gasteiger partial charge on any atom is 0.144 e. The van der Waals surface area contributed by atoms with E-state index < -0.39 is 5.82 Å². The van der Waals surface area contributed by atoms with Gasteiger partial charge in [-0.15, -0.1) is 11.6 Å². The number of rotatable bonds is 2. The Bertz CT molecular complexity index is 635. The van der Waals surface area contributed by atoms with E-state index in [0.29, 0.717) is 11.3 Å². The molecule has 1 aromatic heterocycles. The lowest BCUT2D eigenvalue weighted by atomic mass is 10.3. The molecule has 0 amide bonds. The highest BCUT2D eigenvalue weighted by Crippen LogP contribution is 2.25.